The molecular weight excluding hydrogens is 451 g/mol. The summed E-state index contributed by atoms with van der Waals surface area (Å²) in [6, 6.07) is 3.26. The van der Waals surface area contributed by atoms with Gasteiger partial charge < -0.3 is 19.9 Å². The summed E-state index contributed by atoms with van der Waals surface area (Å²) in [5.74, 6) is 0.0921. The van der Waals surface area contributed by atoms with Crippen LogP contribution in [0.3, 0.4) is 0 Å². The van der Waals surface area contributed by atoms with Crippen molar-refractivity contribution in [2.45, 2.75) is 35.9 Å². The number of alkyl carbamates (subject to hydrolysis) is 1. The fourth-order valence-corrected chi connectivity index (χ4v) is 5.48. The highest BCUT2D eigenvalue weighted by Gasteiger charge is 2.52. The van der Waals surface area contributed by atoms with Crippen LogP contribution in [0.25, 0.3) is 0 Å². The Kier molecular flexibility index (Phi) is 5.54. The Morgan fingerprint density at radius 1 is 1.22 bits per heavy atom. The van der Waals surface area contributed by atoms with Gasteiger partial charge in [-0.3, -0.25) is 0 Å². The number of rotatable bonds is 3. The number of nitrogens with one attached hydrogen (secondary N) is 1. The van der Waals surface area contributed by atoms with E-state index in [1.165, 1.54) is 6.07 Å². The first-order chi connectivity index (χ1) is 14.9. The van der Waals surface area contributed by atoms with Gasteiger partial charge in [0.25, 0.3) is 0 Å². The van der Waals surface area contributed by atoms with E-state index in [4.69, 9.17) is 4.74 Å². The number of carbonyl (C=O) groups is 2. The smallest absolute Gasteiger partial charge is 0.417 e. The number of urea groups is 1. The Balaban J connectivity index is 1.33. The van der Waals surface area contributed by atoms with Crippen molar-refractivity contribution in [3.05, 3.63) is 29.3 Å². The minimum Gasteiger partial charge on any atom is -0.447 e. The van der Waals surface area contributed by atoms with Gasteiger partial charge in [0.15, 0.2) is 9.84 Å². The Morgan fingerprint density at radius 3 is 2.41 bits per heavy atom. The molecule has 0 unspecified atom stereocenters. The molecule has 12 heteroatoms. The van der Waals surface area contributed by atoms with Crippen LogP contribution in [0.2, 0.25) is 0 Å². The van der Waals surface area contributed by atoms with Gasteiger partial charge in [0.05, 0.1) is 23.5 Å². The Labute approximate surface area is 183 Å². The van der Waals surface area contributed by atoms with Crippen LogP contribution in [0, 0.1) is 5.92 Å². The number of sulfone groups is 1. The zero-order chi connectivity index (χ0) is 23.3. The summed E-state index contributed by atoms with van der Waals surface area (Å²) in [4.78, 5) is 26.5. The summed E-state index contributed by atoms with van der Waals surface area (Å²) in [6.45, 7) is 2.01. The lowest BCUT2D eigenvalue weighted by molar-refractivity contribution is -0.139. The molecule has 0 atom stereocenters. The van der Waals surface area contributed by atoms with E-state index in [1.807, 2.05) is 0 Å². The maximum absolute atomic E-state index is 13.4. The van der Waals surface area contributed by atoms with E-state index in [0.717, 1.165) is 18.4 Å². The molecule has 1 aromatic rings. The van der Waals surface area contributed by atoms with Gasteiger partial charge in [0, 0.05) is 19.3 Å². The third kappa shape index (κ3) is 4.50. The van der Waals surface area contributed by atoms with Crippen LogP contribution in [0.15, 0.2) is 23.1 Å². The molecule has 0 aliphatic carbocycles. The van der Waals surface area contributed by atoms with Gasteiger partial charge in [-0.25, -0.2) is 18.0 Å². The summed E-state index contributed by atoms with van der Waals surface area (Å²) in [5.41, 5.74) is -1.20. The highest BCUT2D eigenvalue weighted by Crippen LogP contribution is 2.36. The largest absolute Gasteiger partial charge is 0.447 e. The molecule has 3 aliphatic rings. The number of piperidine rings is 1. The Bertz CT molecular complexity index is 1030. The number of likely N-dealkylation sites (tertiary alicyclic amines) is 2. The van der Waals surface area contributed by atoms with Gasteiger partial charge in [-0.15, -0.1) is 0 Å². The van der Waals surface area contributed by atoms with Crippen molar-refractivity contribution in [2.75, 3.05) is 39.0 Å². The molecule has 3 amide bonds. The topological polar surface area (TPSA) is 96.0 Å². The zero-order valence-electron chi connectivity index (χ0n) is 17.4. The molecule has 0 radical (unpaired) electrons. The molecule has 3 aliphatic heterocycles. The molecule has 8 nitrogen and oxygen atoms in total. The summed E-state index contributed by atoms with van der Waals surface area (Å²) in [7, 11) is -4.00. The molecule has 4 rings (SSSR count). The standard InChI is InChI=1S/C20H24F3N3O5S/c1-32(29,30)16-3-2-14(9-15(16)20(21,22)23)8-13-4-6-25(7-5-13)18(28)26-10-19(11-26)12-31-17(27)24-19/h2-3,9,13H,4-8,10-12H2,1H3,(H,24,27). The monoisotopic (exact) mass is 475 g/mol. The maximum atomic E-state index is 13.4. The van der Waals surface area contributed by atoms with Crippen LogP contribution in [0.4, 0.5) is 22.8 Å². The fraction of sp³-hybridized carbons (Fsp3) is 0.600. The lowest BCUT2D eigenvalue weighted by atomic mass is 9.89. The molecule has 0 bridgehead atoms. The first-order valence-corrected chi connectivity index (χ1v) is 12.1. The number of halogens is 3. The predicted octanol–water partition coefficient (Wildman–Crippen LogP) is 2.28. The zero-order valence-corrected chi connectivity index (χ0v) is 18.3. The van der Waals surface area contributed by atoms with Crippen LogP contribution >= 0.6 is 0 Å². The maximum Gasteiger partial charge on any atom is 0.417 e. The normalized spacial score (nSPS) is 21.3. The number of alkyl halides is 3. The summed E-state index contributed by atoms with van der Waals surface area (Å²) < 4.78 is 68.5. The van der Waals surface area contributed by atoms with Crippen molar-refractivity contribution in [2.24, 2.45) is 5.92 Å². The third-order valence-electron chi connectivity index (χ3n) is 6.26. The molecule has 3 saturated heterocycles. The molecule has 1 spiro atoms. The first-order valence-electron chi connectivity index (χ1n) is 10.3. The summed E-state index contributed by atoms with van der Waals surface area (Å²) in [6.07, 6.45) is -2.82. The van der Waals surface area contributed by atoms with Crippen LogP contribution in [0.5, 0.6) is 0 Å². The van der Waals surface area contributed by atoms with Crippen LogP contribution in [0.1, 0.15) is 24.0 Å². The quantitative estimate of drug-likeness (QED) is 0.724. The van der Waals surface area contributed by atoms with E-state index in [2.05, 4.69) is 5.32 Å². The number of ether oxygens (including phenoxy) is 1. The Hall–Kier alpha value is -2.50. The van der Waals surface area contributed by atoms with E-state index < -0.39 is 38.1 Å². The van der Waals surface area contributed by atoms with Crippen molar-refractivity contribution >= 4 is 22.0 Å². The van der Waals surface area contributed by atoms with Gasteiger partial charge in [-0.1, -0.05) is 6.07 Å². The number of cyclic esters (lactones) is 1. The Morgan fingerprint density at radius 2 is 1.88 bits per heavy atom. The van der Waals surface area contributed by atoms with Crippen LogP contribution in [-0.2, 0) is 27.2 Å². The number of nitrogens with zero attached hydrogens (tertiary/aromatic N) is 2. The second-order valence-corrected chi connectivity index (χ2v) is 10.8. The number of hydrogen-bond donors (Lipinski definition) is 1. The number of amides is 3. The number of carbonyl (C=O) groups excluding carboxylic acids is 2. The summed E-state index contributed by atoms with van der Waals surface area (Å²) in [5, 5.41) is 2.73. The molecule has 176 valence electrons. The van der Waals surface area contributed by atoms with Gasteiger partial charge in [-0.05, 0) is 42.9 Å². The lowest BCUT2D eigenvalue weighted by Gasteiger charge is -2.48. The number of hydrogen-bond acceptors (Lipinski definition) is 5. The highest BCUT2D eigenvalue weighted by molar-refractivity contribution is 7.90. The third-order valence-corrected chi connectivity index (χ3v) is 7.42. The van der Waals surface area contributed by atoms with Crippen molar-refractivity contribution in [1.29, 1.82) is 0 Å². The second kappa shape index (κ2) is 7.82. The van der Waals surface area contributed by atoms with E-state index in [9.17, 15) is 31.2 Å². The molecule has 1 N–H and O–H groups in total. The molecule has 1 aromatic carbocycles. The SMILES string of the molecule is CS(=O)(=O)c1ccc(CC2CCN(C(=O)N3CC4(COC(=O)N4)C3)CC2)cc1C(F)(F)F. The average molecular weight is 475 g/mol. The van der Waals surface area contributed by atoms with Gasteiger partial charge in [0.2, 0.25) is 0 Å². The minimum absolute atomic E-state index is 0.0921. The van der Waals surface area contributed by atoms with E-state index >= 15 is 0 Å². The second-order valence-electron chi connectivity index (χ2n) is 8.86. The molecular formula is C20H24F3N3O5S. The van der Waals surface area contributed by atoms with Crippen molar-refractivity contribution < 1.29 is 35.9 Å². The van der Waals surface area contributed by atoms with E-state index in [1.54, 1.807) is 9.80 Å². The molecule has 32 heavy (non-hydrogen) atoms. The average Bonchev–Trinajstić information content (AvgIpc) is 3.07. The van der Waals surface area contributed by atoms with E-state index in [0.29, 0.717) is 51.0 Å². The van der Waals surface area contributed by atoms with Crippen molar-refractivity contribution in [3.63, 3.8) is 0 Å². The predicted molar refractivity (Wildman–Crippen MR) is 107 cm³/mol. The molecule has 3 heterocycles. The minimum atomic E-state index is -4.76. The number of benzene rings is 1. The van der Waals surface area contributed by atoms with E-state index in [-0.39, 0.29) is 18.6 Å². The van der Waals surface area contributed by atoms with Gasteiger partial charge in [-0.2, -0.15) is 13.2 Å². The molecule has 0 saturated carbocycles. The molecule has 0 aromatic heterocycles. The van der Waals surface area contributed by atoms with Crippen molar-refractivity contribution in [1.82, 2.24) is 15.1 Å². The van der Waals surface area contributed by atoms with Gasteiger partial charge in [0.1, 0.15) is 12.1 Å². The van der Waals surface area contributed by atoms with Crippen LogP contribution < -0.4 is 5.32 Å². The molecule has 3 fully saturated rings. The first kappa shape index (κ1) is 22.7. The lowest BCUT2D eigenvalue weighted by Crippen LogP contribution is -2.71. The fourth-order valence-electron chi connectivity index (χ4n) is 4.59. The van der Waals surface area contributed by atoms with Crippen molar-refractivity contribution in [3.8, 4) is 0 Å². The highest BCUT2D eigenvalue weighted by atomic mass is 32.2. The van der Waals surface area contributed by atoms with Gasteiger partial charge >= 0.3 is 18.3 Å². The summed E-state index contributed by atoms with van der Waals surface area (Å²) >= 11 is 0. The van der Waals surface area contributed by atoms with Crippen LogP contribution in [-0.4, -0.2) is 74.9 Å².